The number of anilines is 1. The molecule has 1 N–H and O–H groups in total. The van der Waals surface area contributed by atoms with Crippen LogP contribution in [0.4, 0.5) is 11.4 Å². The van der Waals surface area contributed by atoms with Gasteiger partial charge in [-0.05, 0) is 18.9 Å². The molecule has 0 unspecified atom stereocenters. The van der Waals surface area contributed by atoms with Crippen molar-refractivity contribution in [2.24, 2.45) is 5.16 Å². The summed E-state index contributed by atoms with van der Waals surface area (Å²) in [4.78, 5) is 40.4. The summed E-state index contributed by atoms with van der Waals surface area (Å²) in [5.41, 5.74) is 0.139. The highest BCUT2D eigenvalue weighted by Crippen LogP contribution is 2.16. The molecule has 9 heteroatoms. The van der Waals surface area contributed by atoms with Crippen LogP contribution in [0.1, 0.15) is 25.7 Å². The number of carbonyl (C=O) groups is 2. The maximum absolute atomic E-state index is 12.0. The number of amides is 2. The average molecular weight is 348 g/mol. The lowest BCUT2D eigenvalue weighted by molar-refractivity contribution is -0.384. The molecule has 0 saturated carbocycles. The number of non-ortho nitro benzene ring substituents is 1. The van der Waals surface area contributed by atoms with Crippen LogP contribution >= 0.6 is 0 Å². The summed E-state index contributed by atoms with van der Waals surface area (Å²) in [6, 6.07) is 5.53. The van der Waals surface area contributed by atoms with Crippen molar-refractivity contribution in [2.75, 3.05) is 25.0 Å². The number of oxime groups is 1. The van der Waals surface area contributed by atoms with Crippen molar-refractivity contribution in [1.82, 2.24) is 4.90 Å². The van der Waals surface area contributed by atoms with Gasteiger partial charge in [-0.15, -0.1) is 0 Å². The molecule has 1 fully saturated rings. The number of likely N-dealkylation sites (tertiary alicyclic amines) is 1. The summed E-state index contributed by atoms with van der Waals surface area (Å²) in [6.07, 6.45) is 5.11. The predicted octanol–water partition coefficient (Wildman–Crippen LogP) is 1.94. The van der Waals surface area contributed by atoms with E-state index in [1.807, 2.05) is 0 Å². The predicted molar refractivity (Wildman–Crippen MR) is 91.2 cm³/mol. The Balaban J connectivity index is 1.75. The molecule has 0 aliphatic carbocycles. The van der Waals surface area contributed by atoms with Gasteiger partial charge in [0.15, 0.2) is 6.61 Å². The summed E-state index contributed by atoms with van der Waals surface area (Å²) >= 11 is 0. The van der Waals surface area contributed by atoms with E-state index in [9.17, 15) is 19.7 Å². The van der Waals surface area contributed by atoms with E-state index >= 15 is 0 Å². The van der Waals surface area contributed by atoms with Crippen molar-refractivity contribution in [3.8, 4) is 0 Å². The van der Waals surface area contributed by atoms with E-state index in [0.29, 0.717) is 0 Å². The molecule has 0 spiro atoms. The lowest BCUT2D eigenvalue weighted by atomic mass is 10.2. The number of rotatable bonds is 6. The third kappa shape index (κ3) is 6.21. The molecule has 0 atom stereocenters. The summed E-state index contributed by atoms with van der Waals surface area (Å²) in [7, 11) is 0. The monoisotopic (exact) mass is 348 g/mol. The van der Waals surface area contributed by atoms with E-state index < -0.39 is 10.8 Å². The normalized spacial score (nSPS) is 14.8. The van der Waals surface area contributed by atoms with E-state index in [2.05, 4.69) is 10.5 Å². The largest absolute Gasteiger partial charge is 0.386 e. The second kappa shape index (κ2) is 9.36. The summed E-state index contributed by atoms with van der Waals surface area (Å²) in [5.74, 6) is -0.763. The van der Waals surface area contributed by atoms with Gasteiger partial charge in [-0.3, -0.25) is 19.7 Å². The first-order chi connectivity index (χ1) is 12.1. The van der Waals surface area contributed by atoms with Gasteiger partial charge in [0.05, 0.1) is 4.92 Å². The number of hydrogen-bond donors (Lipinski definition) is 1. The van der Waals surface area contributed by atoms with Crippen LogP contribution in [0.5, 0.6) is 0 Å². The highest BCUT2D eigenvalue weighted by Gasteiger charge is 2.15. The minimum Gasteiger partial charge on any atom is -0.386 e. The van der Waals surface area contributed by atoms with E-state index in [1.54, 1.807) is 4.90 Å². The van der Waals surface area contributed by atoms with Gasteiger partial charge in [-0.25, -0.2) is 0 Å². The van der Waals surface area contributed by atoms with Crippen LogP contribution in [-0.2, 0) is 14.4 Å². The van der Waals surface area contributed by atoms with Crippen molar-refractivity contribution < 1.29 is 19.3 Å². The Morgan fingerprint density at radius 3 is 2.68 bits per heavy atom. The molecular weight excluding hydrogens is 328 g/mol. The fourth-order valence-corrected chi connectivity index (χ4v) is 2.46. The molecule has 1 aromatic carbocycles. The molecule has 0 bridgehead atoms. The van der Waals surface area contributed by atoms with Crippen LogP contribution in [-0.4, -0.2) is 47.5 Å². The van der Waals surface area contributed by atoms with Crippen molar-refractivity contribution in [2.45, 2.75) is 25.7 Å². The Morgan fingerprint density at radius 2 is 2.00 bits per heavy atom. The number of carbonyl (C=O) groups excluding carboxylic acids is 2. The lowest BCUT2D eigenvalue weighted by Crippen LogP contribution is -2.34. The Bertz CT molecular complexity index is 654. The topological polar surface area (TPSA) is 114 Å². The fourth-order valence-electron chi connectivity index (χ4n) is 2.46. The van der Waals surface area contributed by atoms with Gasteiger partial charge in [-0.1, -0.05) is 24.1 Å². The Labute approximate surface area is 144 Å². The number of nitrogens with zero attached hydrogens (tertiary/aromatic N) is 3. The van der Waals surface area contributed by atoms with Crippen molar-refractivity contribution >= 4 is 29.4 Å². The summed E-state index contributed by atoms with van der Waals surface area (Å²) < 4.78 is 0. The number of nitrogens with one attached hydrogen (secondary N) is 1. The Morgan fingerprint density at radius 1 is 1.28 bits per heavy atom. The molecule has 134 valence electrons. The number of hydrogen-bond acceptors (Lipinski definition) is 6. The Hall–Kier alpha value is -2.97. The van der Waals surface area contributed by atoms with Crippen LogP contribution in [0.3, 0.4) is 0 Å². The maximum Gasteiger partial charge on any atom is 0.271 e. The van der Waals surface area contributed by atoms with Crippen LogP contribution in [0.25, 0.3) is 0 Å². The number of benzene rings is 1. The second-order valence-electron chi connectivity index (χ2n) is 5.60. The first kappa shape index (κ1) is 18.4. The van der Waals surface area contributed by atoms with Crippen LogP contribution in [0, 0.1) is 10.1 Å². The van der Waals surface area contributed by atoms with E-state index in [4.69, 9.17) is 4.84 Å². The van der Waals surface area contributed by atoms with Gasteiger partial charge in [0.2, 0.25) is 0 Å². The van der Waals surface area contributed by atoms with E-state index in [0.717, 1.165) is 45.0 Å². The molecule has 1 aliphatic rings. The molecule has 0 aromatic heterocycles. The van der Waals surface area contributed by atoms with Gasteiger partial charge in [0.25, 0.3) is 17.5 Å². The lowest BCUT2D eigenvalue weighted by Gasteiger charge is -2.19. The van der Waals surface area contributed by atoms with Gasteiger partial charge in [0.1, 0.15) is 6.21 Å². The van der Waals surface area contributed by atoms with Crippen LogP contribution < -0.4 is 5.32 Å². The highest BCUT2D eigenvalue weighted by atomic mass is 16.6. The molecule has 1 aromatic rings. The van der Waals surface area contributed by atoms with Crippen molar-refractivity contribution in [3.05, 3.63) is 34.4 Å². The molecule has 2 rings (SSSR count). The Kier molecular flexibility index (Phi) is 6.87. The molecule has 0 radical (unpaired) electrons. The minimum atomic E-state index is -0.609. The van der Waals surface area contributed by atoms with Gasteiger partial charge >= 0.3 is 0 Å². The summed E-state index contributed by atoms with van der Waals surface area (Å²) in [6.45, 7) is 1.22. The maximum atomic E-state index is 12.0. The number of nitro benzene ring substituents is 1. The van der Waals surface area contributed by atoms with Crippen molar-refractivity contribution in [1.29, 1.82) is 0 Å². The van der Waals surface area contributed by atoms with E-state index in [1.165, 1.54) is 24.3 Å². The smallest absolute Gasteiger partial charge is 0.271 e. The summed E-state index contributed by atoms with van der Waals surface area (Å²) in [5, 5.41) is 16.6. The van der Waals surface area contributed by atoms with Crippen molar-refractivity contribution in [3.63, 3.8) is 0 Å². The average Bonchev–Trinajstić information content (AvgIpc) is 2.88. The SMILES string of the molecule is O=C(/C=N\OCC(=O)N1CCCCCC1)Nc1cccc([N+](=O)[O-])c1. The van der Waals surface area contributed by atoms with Gasteiger partial charge in [0, 0.05) is 30.9 Å². The quantitative estimate of drug-likeness (QED) is 0.479. The molecular formula is C16H20N4O5. The first-order valence-corrected chi connectivity index (χ1v) is 8.05. The second-order valence-corrected chi connectivity index (χ2v) is 5.60. The van der Waals surface area contributed by atoms with Crippen LogP contribution in [0.2, 0.25) is 0 Å². The van der Waals surface area contributed by atoms with Gasteiger partial charge < -0.3 is 15.1 Å². The zero-order chi connectivity index (χ0) is 18.1. The molecule has 25 heavy (non-hydrogen) atoms. The molecule has 1 heterocycles. The number of nitro groups is 1. The third-order valence-electron chi connectivity index (χ3n) is 3.72. The molecule has 1 saturated heterocycles. The first-order valence-electron chi connectivity index (χ1n) is 8.05. The molecule has 2 amide bonds. The van der Waals surface area contributed by atoms with Crippen LogP contribution in [0.15, 0.2) is 29.4 Å². The molecule has 1 aliphatic heterocycles. The fraction of sp³-hybridized carbons (Fsp3) is 0.438. The standard InChI is InChI=1S/C16H20N4O5/c21-15(18-13-6-5-7-14(10-13)20(23)24)11-17-25-12-16(22)19-8-3-1-2-4-9-19/h5-7,10-11H,1-4,8-9,12H2,(H,18,21)/b17-11-. The molecule has 9 nitrogen and oxygen atoms in total. The minimum absolute atomic E-state index is 0.131. The third-order valence-corrected chi connectivity index (χ3v) is 3.72. The zero-order valence-corrected chi connectivity index (χ0v) is 13.7. The highest BCUT2D eigenvalue weighted by molar-refractivity contribution is 6.31. The van der Waals surface area contributed by atoms with Gasteiger partial charge in [-0.2, -0.15) is 0 Å². The zero-order valence-electron chi connectivity index (χ0n) is 13.7. The van der Waals surface area contributed by atoms with E-state index in [-0.39, 0.29) is 23.9 Å².